The van der Waals surface area contributed by atoms with E-state index in [1.54, 1.807) is 18.2 Å². The van der Waals surface area contributed by atoms with Crippen molar-refractivity contribution < 1.29 is 18.1 Å². The third-order valence-corrected chi connectivity index (χ3v) is 4.82. The summed E-state index contributed by atoms with van der Waals surface area (Å²) in [6.07, 6.45) is 0.818. The van der Waals surface area contributed by atoms with E-state index in [1.807, 2.05) is 0 Å². The third-order valence-electron chi connectivity index (χ3n) is 4.53. The summed E-state index contributed by atoms with van der Waals surface area (Å²) in [4.78, 5) is 18.2. The highest BCUT2D eigenvalue weighted by Crippen LogP contribution is 2.34. The van der Waals surface area contributed by atoms with Crippen LogP contribution in [-0.2, 0) is 11.3 Å². The molecule has 3 aromatic rings. The highest BCUT2D eigenvalue weighted by Gasteiger charge is 2.36. The summed E-state index contributed by atoms with van der Waals surface area (Å²) in [5.74, 6) is -0.512. The number of rotatable bonds is 4. The van der Waals surface area contributed by atoms with Crippen molar-refractivity contribution in [3.8, 4) is 11.4 Å². The van der Waals surface area contributed by atoms with Gasteiger partial charge < -0.3 is 9.42 Å². The van der Waals surface area contributed by atoms with Crippen molar-refractivity contribution in [2.45, 2.75) is 25.4 Å². The maximum absolute atomic E-state index is 14.0. The number of hydrogen-bond donors (Lipinski definition) is 0. The molecule has 0 bridgehead atoms. The summed E-state index contributed by atoms with van der Waals surface area (Å²) in [6.45, 7) is 0.121. The van der Waals surface area contributed by atoms with Gasteiger partial charge in [-0.25, -0.2) is 8.78 Å². The lowest BCUT2D eigenvalue weighted by Crippen LogP contribution is -2.27. The molecule has 1 fully saturated rings. The Balaban J connectivity index is 1.60. The number of hydrogen-bond acceptors (Lipinski definition) is 4. The van der Waals surface area contributed by atoms with Crippen molar-refractivity contribution >= 4 is 17.5 Å². The number of benzene rings is 2. The van der Waals surface area contributed by atoms with E-state index >= 15 is 0 Å². The number of carbonyl (C=O) groups is 1. The Kier molecular flexibility index (Phi) is 4.61. The minimum Gasteiger partial charge on any atom is -0.337 e. The van der Waals surface area contributed by atoms with Gasteiger partial charge in [0.2, 0.25) is 17.6 Å². The molecule has 2 heterocycles. The monoisotopic (exact) mass is 389 g/mol. The van der Waals surface area contributed by atoms with Crippen LogP contribution in [-0.4, -0.2) is 20.9 Å². The van der Waals surface area contributed by atoms with E-state index in [9.17, 15) is 13.6 Å². The molecule has 1 saturated heterocycles. The number of nitrogens with zero attached hydrogens (tertiary/aromatic N) is 3. The summed E-state index contributed by atoms with van der Waals surface area (Å²) < 4.78 is 32.6. The standard InChI is InChI=1S/C19H14ClF2N3O2/c20-13-9-11(5-6-15(13)22)18-23-19(27-24-18)16-7-8-17(26)25(16)10-12-3-1-2-4-14(12)21/h1-6,9,16H,7-8,10H2. The molecule has 0 aliphatic carbocycles. The Morgan fingerprint density at radius 1 is 1.19 bits per heavy atom. The predicted molar refractivity (Wildman–Crippen MR) is 93.6 cm³/mol. The molecule has 138 valence electrons. The van der Waals surface area contributed by atoms with Gasteiger partial charge in [-0.3, -0.25) is 4.79 Å². The zero-order valence-corrected chi connectivity index (χ0v) is 14.8. The second-order valence-electron chi connectivity index (χ2n) is 6.25. The van der Waals surface area contributed by atoms with E-state index in [4.69, 9.17) is 16.1 Å². The zero-order valence-electron chi connectivity index (χ0n) is 14.0. The summed E-state index contributed by atoms with van der Waals surface area (Å²) >= 11 is 5.80. The molecule has 1 aromatic heterocycles. The van der Waals surface area contributed by atoms with E-state index < -0.39 is 11.9 Å². The zero-order chi connectivity index (χ0) is 19.0. The molecule has 1 aliphatic rings. The molecule has 1 aliphatic heterocycles. The van der Waals surface area contributed by atoms with Crippen molar-refractivity contribution in [2.75, 3.05) is 0 Å². The SMILES string of the molecule is O=C1CCC(c2nc(-c3ccc(F)c(Cl)c3)no2)N1Cc1ccccc1F. The molecule has 2 aromatic carbocycles. The van der Waals surface area contributed by atoms with Gasteiger partial charge in [-0.1, -0.05) is 35.0 Å². The van der Waals surface area contributed by atoms with Gasteiger partial charge in [0.15, 0.2) is 0 Å². The largest absolute Gasteiger partial charge is 0.337 e. The first kappa shape index (κ1) is 17.6. The average molecular weight is 390 g/mol. The van der Waals surface area contributed by atoms with Gasteiger partial charge in [0.05, 0.1) is 5.02 Å². The highest BCUT2D eigenvalue weighted by molar-refractivity contribution is 6.31. The van der Waals surface area contributed by atoms with Crippen LogP contribution in [0, 0.1) is 11.6 Å². The molecule has 1 unspecified atom stereocenters. The molecule has 4 rings (SSSR count). The van der Waals surface area contributed by atoms with Crippen LogP contribution in [0.3, 0.4) is 0 Å². The van der Waals surface area contributed by atoms with Crippen LogP contribution in [0.1, 0.15) is 30.3 Å². The average Bonchev–Trinajstić information content (AvgIpc) is 3.27. The third kappa shape index (κ3) is 3.42. The molecular weight excluding hydrogens is 376 g/mol. The van der Waals surface area contributed by atoms with Crippen molar-refractivity contribution in [3.05, 3.63) is 70.6 Å². The summed E-state index contributed by atoms with van der Waals surface area (Å²) in [7, 11) is 0. The van der Waals surface area contributed by atoms with Gasteiger partial charge in [0.1, 0.15) is 17.7 Å². The smallest absolute Gasteiger partial charge is 0.249 e. The number of halogens is 3. The summed E-state index contributed by atoms with van der Waals surface area (Å²) in [5.41, 5.74) is 0.921. The van der Waals surface area contributed by atoms with Crippen LogP contribution in [0.5, 0.6) is 0 Å². The van der Waals surface area contributed by atoms with Gasteiger partial charge in [-0.05, 0) is 30.7 Å². The fraction of sp³-hybridized carbons (Fsp3) is 0.211. The Hall–Kier alpha value is -2.80. The number of aromatic nitrogens is 2. The normalized spacial score (nSPS) is 16.9. The number of amides is 1. The topological polar surface area (TPSA) is 59.2 Å². The van der Waals surface area contributed by atoms with Crippen LogP contribution in [0.25, 0.3) is 11.4 Å². The molecule has 1 amide bonds. The second-order valence-corrected chi connectivity index (χ2v) is 6.66. The Morgan fingerprint density at radius 2 is 2.00 bits per heavy atom. The number of likely N-dealkylation sites (tertiary alicyclic amines) is 1. The minimum atomic E-state index is -0.540. The lowest BCUT2D eigenvalue weighted by atomic mass is 10.1. The summed E-state index contributed by atoms with van der Waals surface area (Å²) in [5, 5.41) is 3.86. The summed E-state index contributed by atoms with van der Waals surface area (Å²) in [6, 6.07) is 9.99. The number of carbonyl (C=O) groups excluding carboxylic acids is 1. The maximum Gasteiger partial charge on any atom is 0.249 e. The van der Waals surface area contributed by atoms with E-state index in [-0.39, 0.29) is 35.0 Å². The molecule has 0 saturated carbocycles. The van der Waals surface area contributed by atoms with Crippen molar-refractivity contribution in [1.29, 1.82) is 0 Å². The molecule has 5 nitrogen and oxygen atoms in total. The Morgan fingerprint density at radius 3 is 2.78 bits per heavy atom. The van der Waals surface area contributed by atoms with Crippen LogP contribution in [0.4, 0.5) is 8.78 Å². The lowest BCUT2D eigenvalue weighted by Gasteiger charge is -2.22. The van der Waals surface area contributed by atoms with Crippen LogP contribution >= 0.6 is 11.6 Å². The lowest BCUT2D eigenvalue weighted by molar-refractivity contribution is -0.130. The van der Waals surface area contributed by atoms with E-state index in [2.05, 4.69) is 10.1 Å². The quantitative estimate of drug-likeness (QED) is 0.657. The minimum absolute atomic E-state index is 0.0453. The van der Waals surface area contributed by atoms with Crippen LogP contribution < -0.4 is 0 Å². The first-order valence-electron chi connectivity index (χ1n) is 8.35. The van der Waals surface area contributed by atoms with Gasteiger partial charge in [-0.15, -0.1) is 0 Å². The molecule has 0 radical (unpaired) electrons. The van der Waals surface area contributed by atoms with Crippen molar-refractivity contribution in [2.24, 2.45) is 0 Å². The Labute approximate surface area is 158 Å². The molecule has 0 N–H and O–H groups in total. The fourth-order valence-electron chi connectivity index (χ4n) is 3.12. The Bertz CT molecular complexity index is 1010. The van der Waals surface area contributed by atoms with Crippen LogP contribution in [0.15, 0.2) is 47.0 Å². The van der Waals surface area contributed by atoms with Gasteiger partial charge >= 0.3 is 0 Å². The molecule has 1 atom stereocenters. The fourth-order valence-corrected chi connectivity index (χ4v) is 3.30. The maximum atomic E-state index is 14.0. The molecule has 0 spiro atoms. The molecule has 27 heavy (non-hydrogen) atoms. The van der Waals surface area contributed by atoms with E-state index in [1.165, 1.54) is 29.2 Å². The van der Waals surface area contributed by atoms with Gasteiger partial charge in [-0.2, -0.15) is 4.98 Å². The van der Waals surface area contributed by atoms with Gasteiger partial charge in [0.25, 0.3) is 0 Å². The second kappa shape index (κ2) is 7.08. The van der Waals surface area contributed by atoms with Gasteiger partial charge in [0, 0.05) is 24.1 Å². The predicted octanol–water partition coefficient (Wildman–Crippen LogP) is 4.53. The van der Waals surface area contributed by atoms with E-state index in [0.717, 1.165) is 0 Å². The van der Waals surface area contributed by atoms with Crippen molar-refractivity contribution in [1.82, 2.24) is 15.0 Å². The first-order valence-corrected chi connectivity index (χ1v) is 8.72. The van der Waals surface area contributed by atoms with Crippen molar-refractivity contribution in [3.63, 3.8) is 0 Å². The molecule has 8 heteroatoms. The van der Waals surface area contributed by atoms with Crippen LogP contribution in [0.2, 0.25) is 5.02 Å². The highest BCUT2D eigenvalue weighted by atomic mass is 35.5. The van der Waals surface area contributed by atoms with E-state index in [0.29, 0.717) is 24.0 Å². The molecular formula is C19H14ClF2N3O2. The first-order chi connectivity index (χ1) is 13.0.